The highest BCUT2D eigenvalue weighted by Gasteiger charge is 2.10. The molecule has 0 atom stereocenters. The van der Waals surface area contributed by atoms with E-state index in [-0.39, 0.29) is 5.69 Å². The van der Waals surface area contributed by atoms with Gasteiger partial charge in [-0.2, -0.15) is 0 Å². The lowest BCUT2D eigenvalue weighted by Crippen LogP contribution is -2.06. The second-order valence-electron chi connectivity index (χ2n) is 3.62. The lowest BCUT2D eigenvalue weighted by atomic mass is 10.2. The van der Waals surface area contributed by atoms with Gasteiger partial charge in [-0.05, 0) is 6.07 Å². The summed E-state index contributed by atoms with van der Waals surface area (Å²) in [6.07, 6.45) is 1.61. The number of hydrogen-bond donors (Lipinski definition) is 1. The average molecular weight is 268 g/mol. The van der Waals surface area contributed by atoms with E-state index in [1.54, 1.807) is 17.9 Å². The van der Waals surface area contributed by atoms with Crippen LogP contribution in [0.1, 0.15) is 5.69 Å². The standard InChI is InChI=1S/C10H10ClN5O2/c1-15-8(6-13-14-15)5-12-10-4-7(16(17)18)2-3-9(10)11/h2-4,6,12H,5H2,1H3. The van der Waals surface area contributed by atoms with Gasteiger partial charge in [-0.15, -0.1) is 5.10 Å². The van der Waals surface area contributed by atoms with Crippen LogP contribution >= 0.6 is 11.6 Å². The van der Waals surface area contributed by atoms with Gasteiger partial charge in [-0.25, -0.2) is 0 Å². The van der Waals surface area contributed by atoms with E-state index in [1.165, 1.54) is 18.2 Å². The van der Waals surface area contributed by atoms with E-state index in [4.69, 9.17) is 11.6 Å². The average Bonchev–Trinajstić information content (AvgIpc) is 2.73. The van der Waals surface area contributed by atoms with Crippen LogP contribution < -0.4 is 5.32 Å². The molecule has 2 aromatic rings. The van der Waals surface area contributed by atoms with Crippen molar-refractivity contribution >= 4 is 23.0 Å². The molecule has 1 heterocycles. The lowest BCUT2D eigenvalue weighted by Gasteiger charge is -2.07. The minimum Gasteiger partial charge on any atom is -0.378 e. The first-order valence-corrected chi connectivity index (χ1v) is 5.47. The molecule has 18 heavy (non-hydrogen) atoms. The fourth-order valence-corrected chi connectivity index (χ4v) is 1.60. The van der Waals surface area contributed by atoms with Crippen molar-refractivity contribution in [1.29, 1.82) is 0 Å². The molecule has 0 fully saturated rings. The molecular formula is C10H10ClN5O2. The van der Waals surface area contributed by atoms with E-state index < -0.39 is 4.92 Å². The van der Waals surface area contributed by atoms with E-state index in [0.717, 1.165) is 5.69 Å². The van der Waals surface area contributed by atoms with Crippen LogP contribution in [0.25, 0.3) is 0 Å². The second kappa shape index (κ2) is 5.01. The van der Waals surface area contributed by atoms with Crippen molar-refractivity contribution in [3.05, 3.63) is 45.2 Å². The second-order valence-corrected chi connectivity index (χ2v) is 4.03. The quantitative estimate of drug-likeness (QED) is 0.676. The van der Waals surface area contributed by atoms with Gasteiger partial charge in [0.1, 0.15) is 0 Å². The Hall–Kier alpha value is -2.15. The van der Waals surface area contributed by atoms with Gasteiger partial charge in [0.2, 0.25) is 0 Å². The van der Waals surface area contributed by atoms with Gasteiger partial charge in [-0.1, -0.05) is 16.8 Å². The molecule has 1 aromatic heterocycles. The fraction of sp³-hybridized carbons (Fsp3) is 0.200. The predicted molar refractivity (Wildman–Crippen MR) is 66.4 cm³/mol. The van der Waals surface area contributed by atoms with Crippen LogP contribution in [0, 0.1) is 10.1 Å². The molecule has 1 aromatic carbocycles. The number of nitrogens with one attached hydrogen (secondary N) is 1. The predicted octanol–water partition coefficient (Wildman–Crippen LogP) is 1.99. The zero-order valence-corrected chi connectivity index (χ0v) is 10.3. The van der Waals surface area contributed by atoms with E-state index in [1.807, 2.05) is 0 Å². The van der Waals surface area contributed by atoms with Crippen LogP contribution in [0.5, 0.6) is 0 Å². The monoisotopic (exact) mass is 267 g/mol. The first-order chi connectivity index (χ1) is 8.58. The summed E-state index contributed by atoms with van der Waals surface area (Å²) in [4.78, 5) is 10.2. The van der Waals surface area contributed by atoms with E-state index in [0.29, 0.717) is 17.3 Å². The third-order valence-electron chi connectivity index (χ3n) is 2.43. The molecule has 0 aliphatic carbocycles. The molecule has 0 amide bonds. The van der Waals surface area contributed by atoms with Gasteiger partial charge in [0.25, 0.3) is 5.69 Å². The number of aromatic nitrogens is 3. The smallest absolute Gasteiger partial charge is 0.271 e. The zero-order chi connectivity index (χ0) is 13.1. The van der Waals surface area contributed by atoms with Gasteiger partial charge < -0.3 is 5.32 Å². The molecule has 0 unspecified atom stereocenters. The summed E-state index contributed by atoms with van der Waals surface area (Å²) >= 11 is 5.96. The summed E-state index contributed by atoms with van der Waals surface area (Å²) in [5.74, 6) is 0. The van der Waals surface area contributed by atoms with Gasteiger partial charge in [-0.3, -0.25) is 14.8 Å². The molecule has 7 nitrogen and oxygen atoms in total. The van der Waals surface area contributed by atoms with Crippen molar-refractivity contribution < 1.29 is 4.92 Å². The maximum atomic E-state index is 10.7. The molecule has 0 saturated carbocycles. The molecule has 94 valence electrons. The topological polar surface area (TPSA) is 85.9 Å². The van der Waals surface area contributed by atoms with Crippen molar-refractivity contribution in [3.63, 3.8) is 0 Å². The molecule has 0 aliphatic rings. The molecule has 0 bridgehead atoms. The highest BCUT2D eigenvalue weighted by Crippen LogP contribution is 2.26. The number of nitrogens with zero attached hydrogens (tertiary/aromatic N) is 4. The Morgan fingerprint density at radius 1 is 1.56 bits per heavy atom. The van der Waals surface area contributed by atoms with Crippen molar-refractivity contribution in [2.45, 2.75) is 6.54 Å². The molecule has 0 spiro atoms. The Balaban J connectivity index is 2.16. The largest absolute Gasteiger partial charge is 0.378 e. The summed E-state index contributed by atoms with van der Waals surface area (Å²) in [7, 11) is 1.76. The van der Waals surface area contributed by atoms with Crippen molar-refractivity contribution in [1.82, 2.24) is 15.0 Å². The third kappa shape index (κ3) is 2.57. The van der Waals surface area contributed by atoms with Gasteiger partial charge in [0.05, 0.1) is 34.1 Å². The normalized spacial score (nSPS) is 10.3. The van der Waals surface area contributed by atoms with Crippen molar-refractivity contribution in [3.8, 4) is 0 Å². The molecule has 0 aliphatic heterocycles. The third-order valence-corrected chi connectivity index (χ3v) is 2.76. The van der Waals surface area contributed by atoms with Gasteiger partial charge in [0.15, 0.2) is 0 Å². The molecule has 0 saturated heterocycles. The highest BCUT2D eigenvalue weighted by atomic mass is 35.5. The number of halogens is 1. The van der Waals surface area contributed by atoms with Crippen molar-refractivity contribution in [2.24, 2.45) is 7.05 Å². The molecule has 0 radical (unpaired) electrons. The van der Waals surface area contributed by atoms with E-state index in [2.05, 4.69) is 15.6 Å². The highest BCUT2D eigenvalue weighted by molar-refractivity contribution is 6.33. The number of non-ortho nitro benzene ring substituents is 1. The fourth-order valence-electron chi connectivity index (χ4n) is 1.42. The number of nitro benzene ring substituents is 1. The zero-order valence-electron chi connectivity index (χ0n) is 9.50. The summed E-state index contributed by atoms with van der Waals surface area (Å²) < 4.78 is 1.61. The molecule has 8 heteroatoms. The van der Waals surface area contributed by atoms with Crippen molar-refractivity contribution in [2.75, 3.05) is 5.32 Å². The first kappa shape index (κ1) is 12.3. The van der Waals surface area contributed by atoms with Crippen LogP contribution in [-0.4, -0.2) is 19.9 Å². The molecular weight excluding hydrogens is 258 g/mol. The van der Waals surface area contributed by atoms with Crippen LogP contribution in [0.3, 0.4) is 0 Å². The summed E-state index contributed by atoms with van der Waals surface area (Å²) in [5, 5.41) is 21.6. The summed E-state index contributed by atoms with van der Waals surface area (Å²) in [6, 6.07) is 4.24. The summed E-state index contributed by atoms with van der Waals surface area (Å²) in [5.41, 5.74) is 1.34. The van der Waals surface area contributed by atoms with E-state index >= 15 is 0 Å². The Kier molecular flexibility index (Phi) is 3.42. The first-order valence-electron chi connectivity index (χ1n) is 5.09. The number of rotatable bonds is 4. The Labute approximate surface area is 108 Å². The van der Waals surface area contributed by atoms with Crippen LogP contribution in [-0.2, 0) is 13.6 Å². The number of anilines is 1. The van der Waals surface area contributed by atoms with Crippen LogP contribution in [0.15, 0.2) is 24.4 Å². The Bertz CT molecular complexity index is 583. The molecule has 2 rings (SSSR count). The minimum absolute atomic E-state index is 0.00923. The van der Waals surface area contributed by atoms with E-state index in [9.17, 15) is 10.1 Å². The number of hydrogen-bond acceptors (Lipinski definition) is 5. The van der Waals surface area contributed by atoms with Gasteiger partial charge >= 0.3 is 0 Å². The number of aryl methyl sites for hydroxylation is 1. The Morgan fingerprint density at radius 2 is 2.33 bits per heavy atom. The van der Waals surface area contributed by atoms with Gasteiger partial charge in [0, 0.05) is 19.2 Å². The minimum atomic E-state index is -0.465. The lowest BCUT2D eigenvalue weighted by molar-refractivity contribution is -0.384. The summed E-state index contributed by atoms with van der Waals surface area (Å²) in [6.45, 7) is 0.435. The number of benzene rings is 1. The maximum Gasteiger partial charge on any atom is 0.271 e. The maximum absolute atomic E-state index is 10.7. The van der Waals surface area contributed by atoms with Crippen LogP contribution in [0.2, 0.25) is 5.02 Å². The Morgan fingerprint density at radius 3 is 2.94 bits per heavy atom. The number of nitro groups is 1. The van der Waals surface area contributed by atoms with Crippen LogP contribution in [0.4, 0.5) is 11.4 Å². The SMILES string of the molecule is Cn1nncc1CNc1cc([N+](=O)[O-])ccc1Cl. The molecule has 1 N–H and O–H groups in total.